The first kappa shape index (κ1) is 13.7. The van der Waals surface area contributed by atoms with Crippen LogP contribution in [0.15, 0.2) is 30.3 Å². The van der Waals surface area contributed by atoms with Crippen molar-refractivity contribution in [2.24, 2.45) is 0 Å². The third kappa shape index (κ3) is 6.27. The Labute approximate surface area is 103 Å². The van der Waals surface area contributed by atoms with Crippen molar-refractivity contribution >= 4 is 23.1 Å². The molecule has 0 aliphatic carbocycles. The van der Waals surface area contributed by atoms with E-state index in [4.69, 9.17) is 13.3 Å². The molecule has 90 valence electrons. The number of benzene rings is 1. The Morgan fingerprint density at radius 1 is 1.44 bits per heavy atom. The molecule has 0 amide bonds. The van der Waals surface area contributed by atoms with E-state index in [1.165, 1.54) is 30.6 Å². The zero-order chi connectivity index (χ0) is 11.8. The molecule has 0 aromatic heterocycles. The van der Waals surface area contributed by atoms with Gasteiger partial charge in [0.25, 0.3) is 0 Å². The highest BCUT2D eigenvalue weighted by Gasteiger charge is 2.15. The van der Waals surface area contributed by atoms with Gasteiger partial charge in [-0.05, 0) is 30.6 Å². The monoisotopic (exact) mass is 259 g/mol. The van der Waals surface area contributed by atoms with Crippen molar-refractivity contribution in [1.29, 1.82) is 0 Å². The van der Waals surface area contributed by atoms with Gasteiger partial charge in [0.05, 0.1) is 11.4 Å². The molecule has 1 aromatic carbocycles. The highest BCUT2D eigenvalue weighted by Crippen LogP contribution is 2.28. The molecule has 3 nitrogen and oxygen atoms in total. The molecule has 1 aliphatic rings. The Kier molecular flexibility index (Phi) is 6.71. The second-order valence-corrected chi connectivity index (χ2v) is 5.38. The average Bonchev–Trinajstić information content (AvgIpc) is 2.71. The highest BCUT2D eigenvalue weighted by molar-refractivity contribution is 8.00. The van der Waals surface area contributed by atoms with Crippen LogP contribution in [0.4, 0.5) is 0 Å². The summed E-state index contributed by atoms with van der Waals surface area (Å²) in [7, 11) is 0. The van der Waals surface area contributed by atoms with E-state index < -0.39 is 11.4 Å². The smallest absolute Gasteiger partial charge is 0.0814 e. The molecule has 0 spiro atoms. The number of hydrogen-bond acceptors (Lipinski definition) is 3. The molecule has 0 bridgehead atoms. The maximum Gasteiger partial charge on any atom is 0.0814 e. The predicted octanol–water partition coefficient (Wildman–Crippen LogP) is 2.46. The van der Waals surface area contributed by atoms with Crippen molar-refractivity contribution in [2.75, 3.05) is 5.75 Å². The molecule has 5 heteroatoms. The molecule has 2 rings (SSSR count). The maximum absolute atomic E-state index is 8.56. The quantitative estimate of drug-likeness (QED) is 0.829. The minimum atomic E-state index is -2.86. The second-order valence-electron chi connectivity index (χ2n) is 3.54. The van der Waals surface area contributed by atoms with E-state index in [2.05, 4.69) is 42.1 Å². The van der Waals surface area contributed by atoms with Gasteiger partial charge >= 0.3 is 0 Å². The van der Waals surface area contributed by atoms with Crippen molar-refractivity contribution in [3.8, 4) is 0 Å². The lowest BCUT2D eigenvalue weighted by Crippen LogP contribution is -2.00. The Balaban J connectivity index is 0.000000280. The van der Waals surface area contributed by atoms with Gasteiger partial charge in [0.2, 0.25) is 0 Å². The maximum atomic E-state index is 8.56. The first-order valence-corrected chi connectivity index (χ1v) is 7.20. The van der Waals surface area contributed by atoms with Crippen LogP contribution in [0.2, 0.25) is 0 Å². The lowest BCUT2D eigenvalue weighted by Gasteiger charge is -2.07. The standard InChI is InChI=1S/C11H14S.H2O3S/c1-2-5-10(6-3-1)9-11-7-4-8-12-11;1-4(2)3/h1-3,5-6,11H,4,7-9H2;(H2,1,2,3)/p-1. The summed E-state index contributed by atoms with van der Waals surface area (Å²) in [4.78, 5) is 0. The van der Waals surface area contributed by atoms with Crippen LogP contribution >= 0.6 is 11.8 Å². The largest absolute Gasteiger partial charge is 0.750 e. The van der Waals surface area contributed by atoms with Crippen LogP contribution < -0.4 is 0 Å². The van der Waals surface area contributed by atoms with E-state index in [9.17, 15) is 0 Å². The fourth-order valence-electron chi connectivity index (χ4n) is 1.68. The summed E-state index contributed by atoms with van der Waals surface area (Å²) < 4.78 is 24.1. The van der Waals surface area contributed by atoms with Gasteiger partial charge in [-0.1, -0.05) is 30.3 Å². The van der Waals surface area contributed by atoms with E-state index in [0.717, 1.165) is 5.25 Å². The Morgan fingerprint density at radius 3 is 2.56 bits per heavy atom. The van der Waals surface area contributed by atoms with Gasteiger partial charge in [-0.25, -0.2) is 4.21 Å². The molecular formula is C11H15O3S2-. The molecule has 2 atom stereocenters. The molecular weight excluding hydrogens is 244 g/mol. The van der Waals surface area contributed by atoms with E-state index in [1.807, 2.05) is 0 Å². The van der Waals surface area contributed by atoms with Gasteiger partial charge in [-0.2, -0.15) is 11.8 Å². The molecule has 1 saturated heterocycles. The SMILES string of the molecule is O=S([O-])O.c1ccc(CC2CCCS2)cc1. The number of thioether (sulfide) groups is 1. The summed E-state index contributed by atoms with van der Waals surface area (Å²) >= 11 is -0.724. The zero-order valence-electron chi connectivity index (χ0n) is 8.87. The molecule has 16 heavy (non-hydrogen) atoms. The fraction of sp³-hybridized carbons (Fsp3) is 0.455. The fourth-order valence-corrected chi connectivity index (χ4v) is 2.99. The molecule has 0 saturated carbocycles. The Morgan fingerprint density at radius 2 is 2.06 bits per heavy atom. The lowest BCUT2D eigenvalue weighted by molar-refractivity contribution is 0.436. The Hall–Kier alpha value is -0.360. The van der Waals surface area contributed by atoms with Gasteiger partial charge in [0.15, 0.2) is 0 Å². The summed E-state index contributed by atoms with van der Waals surface area (Å²) in [5, 5.41) is 0.896. The van der Waals surface area contributed by atoms with E-state index in [0.29, 0.717) is 0 Å². The van der Waals surface area contributed by atoms with Crippen LogP contribution in [0.25, 0.3) is 0 Å². The second kappa shape index (κ2) is 7.84. The van der Waals surface area contributed by atoms with Crippen LogP contribution in [-0.2, 0) is 17.8 Å². The summed E-state index contributed by atoms with van der Waals surface area (Å²) in [5.41, 5.74) is 1.50. The molecule has 1 heterocycles. The van der Waals surface area contributed by atoms with Gasteiger partial charge in [-0.3, -0.25) is 0 Å². The first-order chi connectivity index (χ1) is 7.68. The van der Waals surface area contributed by atoms with E-state index >= 15 is 0 Å². The molecule has 1 N–H and O–H groups in total. The lowest BCUT2D eigenvalue weighted by atomic mass is 10.1. The third-order valence-electron chi connectivity index (χ3n) is 2.33. The minimum absolute atomic E-state index is 0.896. The molecule has 1 fully saturated rings. The van der Waals surface area contributed by atoms with E-state index in [1.54, 1.807) is 0 Å². The van der Waals surface area contributed by atoms with Crippen molar-refractivity contribution in [1.82, 2.24) is 0 Å². The summed E-state index contributed by atoms with van der Waals surface area (Å²) in [6.07, 6.45) is 4.10. The van der Waals surface area contributed by atoms with Crippen LogP contribution in [-0.4, -0.2) is 24.3 Å². The number of rotatable bonds is 2. The summed E-state index contributed by atoms with van der Waals surface area (Å²) in [6.45, 7) is 0. The summed E-state index contributed by atoms with van der Waals surface area (Å²) in [5.74, 6) is 1.37. The summed E-state index contributed by atoms with van der Waals surface area (Å²) in [6, 6.07) is 10.8. The first-order valence-electron chi connectivity index (χ1n) is 5.12. The van der Waals surface area contributed by atoms with Crippen molar-refractivity contribution in [3.05, 3.63) is 35.9 Å². The number of hydrogen-bond donors (Lipinski definition) is 1. The van der Waals surface area contributed by atoms with Crippen molar-refractivity contribution in [2.45, 2.75) is 24.5 Å². The topological polar surface area (TPSA) is 60.4 Å². The van der Waals surface area contributed by atoms with Gasteiger partial charge in [0.1, 0.15) is 0 Å². The average molecular weight is 259 g/mol. The van der Waals surface area contributed by atoms with Crippen LogP contribution in [0.1, 0.15) is 18.4 Å². The van der Waals surface area contributed by atoms with Crippen LogP contribution in [0, 0.1) is 0 Å². The molecule has 0 radical (unpaired) electrons. The van der Waals surface area contributed by atoms with Gasteiger partial charge in [0, 0.05) is 5.25 Å². The Bertz CT molecular complexity index is 306. The van der Waals surface area contributed by atoms with Crippen molar-refractivity contribution < 1.29 is 13.3 Å². The molecule has 1 aromatic rings. The zero-order valence-corrected chi connectivity index (χ0v) is 10.5. The van der Waals surface area contributed by atoms with Crippen LogP contribution in [0.3, 0.4) is 0 Å². The minimum Gasteiger partial charge on any atom is -0.750 e. The third-order valence-corrected chi connectivity index (χ3v) is 3.73. The van der Waals surface area contributed by atoms with E-state index in [-0.39, 0.29) is 0 Å². The molecule has 2 unspecified atom stereocenters. The van der Waals surface area contributed by atoms with Crippen molar-refractivity contribution in [3.63, 3.8) is 0 Å². The molecule has 1 aliphatic heterocycles. The predicted molar refractivity (Wildman–Crippen MR) is 67.2 cm³/mol. The van der Waals surface area contributed by atoms with Gasteiger partial charge < -0.3 is 9.11 Å². The highest BCUT2D eigenvalue weighted by atomic mass is 32.2. The van der Waals surface area contributed by atoms with Crippen LogP contribution in [0.5, 0.6) is 0 Å². The normalized spacial score (nSPS) is 21.0. The van der Waals surface area contributed by atoms with Gasteiger partial charge in [-0.15, -0.1) is 0 Å².